The molecule has 0 amide bonds. The minimum absolute atomic E-state index is 0.497. The predicted molar refractivity (Wildman–Crippen MR) is 86.2 cm³/mol. The SMILES string of the molecule is CC(C)NCc1cccc2c1ccn2Cc1cncn1C. The van der Waals surface area contributed by atoms with Crippen molar-refractivity contribution in [2.24, 2.45) is 7.05 Å². The van der Waals surface area contributed by atoms with Crippen molar-refractivity contribution < 1.29 is 0 Å². The predicted octanol–water partition coefficient (Wildman–Crippen LogP) is 2.92. The van der Waals surface area contributed by atoms with Gasteiger partial charge < -0.3 is 14.5 Å². The number of imidazole rings is 1. The lowest BCUT2D eigenvalue weighted by Crippen LogP contribution is -2.21. The standard InChI is InChI=1S/C17H22N4/c1-13(2)19-9-14-5-4-6-17-16(14)7-8-21(17)11-15-10-18-12-20(15)3/h4-8,10,12-13,19H,9,11H2,1-3H3. The van der Waals surface area contributed by atoms with Gasteiger partial charge in [0.1, 0.15) is 0 Å². The van der Waals surface area contributed by atoms with Gasteiger partial charge in [-0.25, -0.2) is 4.98 Å². The van der Waals surface area contributed by atoms with E-state index < -0.39 is 0 Å². The number of fused-ring (bicyclic) bond motifs is 1. The molecule has 2 heterocycles. The van der Waals surface area contributed by atoms with E-state index >= 15 is 0 Å². The van der Waals surface area contributed by atoms with Crippen LogP contribution in [0.25, 0.3) is 10.9 Å². The first-order valence-corrected chi connectivity index (χ1v) is 7.40. The Kier molecular flexibility index (Phi) is 3.80. The van der Waals surface area contributed by atoms with Crippen molar-refractivity contribution in [2.75, 3.05) is 0 Å². The Balaban J connectivity index is 1.91. The summed E-state index contributed by atoms with van der Waals surface area (Å²) in [4.78, 5) is 4.19. The van der Waals surface area contributed by atoms with Gasteiger partial charge in [0.25, 0.3) is 0 Å². The maximum Gasteiger partial charge on any atom is 0.0946 e. The topological polar surface area (TPSA) is 34.8 Å². The number of benzene rings is 1. The molecule has 0 aliphatic heterocycles. The zero-order valence-electron chi connectivity index (χ0n) is 12.9. The minimum Gasteiger partial charge on any atom is -0.341 e. The molecule has 0 aliphatic carbocycles. The average Bonchev–Trinajstić information content (AvgIpc) is 3.05. The molecule has 0 saturated carbocycles. The Hall–Kier alpha value is -2.07. The van der Waals surface area contributed by atoms with E-state index in [1.807, 2.05) is 19.6 Å². The fourth-order valence-corrected chi connectivity index (χ4v) is 2.60. The zero-order valence-corrected chi connectivity index (χ0v) is 12.9. The summed E-state index contributed by atoms with van der Waals surface area (Å²) in [6.07, 6.45) is 5.94. The highest BCUT2D eigenvalue weighted by molar-refractivity contribution is 5.83. The van der Waals surface area contributed by atoms with Gasteiger partial charge in [-0.05, 0) is 17.7 Å². The first-order valence-electron chi connectivity index (χ1n) is 7.40. The van der Waals surface area contributed by atoms with Crippen LogP contribution in [-0.4, -0.2) is 20.2 Å². The van der Waals surface area contributed by atoms with Crippen LogP contribution in [0.1, 0.15) is 25.1 Å². The number of aryl methyl sites for hydroxylation is 1. The molecular weight excluding hydrogens is 260 g/mol. The van der Waals surface area contributed by atoms with Crippen LogP contribution in [0, 0.1) is 0 Å². The summed E-state index contributed by atoms with van der Waals surface area (Å²) in [7, 11) is 2.03. The molecule has 3 aromatic rings. The normalized spacial score (nSPS) is 11.6. The first-order chi connectivity index (χ1) is 10.1. The van der Waals surface area contributed by atoms with Crippen molar-refractivity contribution in [2.45, 2.75) is 33.0 Å². The number of hydrogen-bond acceptors (Lipinski definition) is 2. The number of nitrogens with one attached hydrogen (secondary N) is 1. The molecule has 2 aromatic heterocycles. The second-order valence-corrected chi connectivity index (χ2v) is 5.83. The van der Waals surface area contributed by atoms with Gasteiger partial charge in [-0.2, -0.15) is 0 Å². The van der Waals surface area contributed by atoms with Crippen molar-refractivity contribution in [1.82, 2.24) is 19.4 Å². The second-order valence-electron chi connectivity index (χ2n) is 5.83. The van der Waals surface area contributed by atoms with Crippen molar-refractivity contribution in [3.05, 3.63) is 54.2 Å². The summed E-state index contributed by atoms with van der Waals surface area (Å²) >= 11 is 0. The minimum atomic E-state index is 0.497. The van der Waals surface area contributed by atoms with Crippen molar-refractivity contribution in [1.29, 1.82) is 0 Å². The van der Waals surface area contributed by atoms with Crippen LogP contribution in [0.15, 0.2) is 43.0 Å². The van der Waals surface area contributed by atoms with Crippen LogP contribution in [0.2, 0.25) is 0 Å². The molecule has 0 bridgehead atoms. The maximum atomic E-state index is 4.19. The third-order valence-electron chi connectivity index (χ3n) is 3.85. The van der Waals surface area contributed by atoms with Crippen molar-refractivity contribution in [3.8, 4) is 0 Å². The highest BCUT2D eigenvalue weighted by Gasteiger charge is 2.07. The fraction of sp³-hybridized carbons (Fsp3) is 0.353. The summed E-state index contributed by atoms with van der Waals surface area (Å²) in [5.41, 5.74) is 3.84. The van der Waals surface area contributed by atoms with Crippen molar-refractivity contribution >= 4 is 10.9 Å². The third kappa shape index (κ3) is 2.85. The molecule has 4 nitrogen and oxygen atoms in total. The molecule has 3 rings (SSSR count). The van der Waals surface area contributed by atoms with E-state index in [-0.39, 0.29) is 0 Å². The summed E-state index contributed by atoms with van der Waals surface area (Å²) in [5.74, 6) is 0. The number of rotatable bonds is 5. The van der Waals surface area contributed by atoms with Crippen LogP contribution < -0.4 is 5.32 Å². The van der Waals surface area contributed by atoms with Gasteiger partial charge in [-0.3, -0.25) is 0 Å². The third-order valence-corrected chi connectivity index (χ3v) is 3.85. The van der Waals surface area contributed by atoms with E-state index in [9.17, 15) is 0 Å². The molecule has 21 heavy (non-hydrogen) atoms. The Labute approximate surface area is 125 Å². The Morgan fingerprint density at radius 3 is 2.81 bits per heavy atom. The smallest absolute Gasteiger partial charge is 0.0946 e. The molecular formula is C17H22N4. The molecule has 4 heteroatoms. The van der Waals surface area contributed by atoms with Gasteiger partial charge in [0.2, 0.25) is 0 Å². The Bertz CT molecular complexity index is 736. The van der Waals surface area contributed by atoms with Crippen LogP contribution in [-0.2, 0) is 20.1 Å². The van der Waals surface area contributed by atoms with Crippen LogP contribution in [0.3, 0.4) is 0 Å². The van der Waals surface area contributed by atoms with Gasteiger partial charge in [0.05, 0.1) is 18.6 Å². The highest BCUT2D eigenvalue weighted by atomic mass is 15.1. The van der Waals surface area contributed by atoms with E-state index in [1.54, 1.807) is 0 Å². The maximum absolute atomic E-state index is 4.19. The number of aromatic nitrogens is 3. The fourth-order valence-electron chi connectivity index (χ4n) is 2.60. The van der Waals surface area contributed by atoms with Gasteiger partial charge in [0, 0.05) is 42.9 Å². The summed E-state index contributed by atoms with van der Waals surface area (Å²) in [6, 6.07) is 9.23. The summed E-state index contributed by atoms with van der Waals surface area (Å²) < 4.78 is 4.35. The lowest BCUT2D eigenvalue weighted by molar-refractivity contribution is 0.590. The van der Waals surface area contributed by atoms with E-state index in [0.717, 1.165) is 13.1 Å². The van der Waals surface area contributed by atoms with Gasteiger partial charge in [0.15, 0.2) is 0 Å². The molecule has 0 fully saturated rings. The zero-order chi connectivity index (χ0) is 14.8. The van der Waals surface area contributed by atoms with E-state index in [2.05, 4.69) is 63.7 Å². The lowest BCUT2D eigenvalue weighted by atomic mass is 10.1. The van der Waals surface area contributed by atoms with Crippen LogP contribution in [0.4, 0.5) is 0 Å². The molecule has 1 N–H and O–H groups in total. The number of hydrogen-bond donors (Lipinski definition) is 1. The molecule has 0 unspecified atom stereocenters. The van der Waals surface area contributed by atoms with Crippen LogP contribution in [0.5, 0.6) is 0 Å². The number of nitrogens with zero attached hydrogens (tertiary/aromatic N) is 3. The van der Waals surface area contributed by atoms with Crippen LogP contribution >= 0.6 is 0 Å². The average molecular weight is 282 g/mol. The highest BCUT2D eigenvalue weighted by Crippen LogP contribution is 2.21. The summed E-state index contributed by atoms with van der Waals surface area (Å²) in [5, 5.41) is 4.82. The monoisotopic (exact) mass is 282 g/mol. The van der Waals surface area contributed by atoms with E-state index in [1.165, 1.54) is 22.2 Å². The van der Waals surface area contributed by atoms with Crippen molar-refractivity contribution in [3.63, 3.8) is 0 Å². The summed E-state index contributed by atoms with van der Waals surface area (Å²) in [6.45, 7) is 6.10. The quantitative estimate of drug-likeness (QED) is 0.781. The molecule has 1 aromatic carbocycles. The lowest BCUT2D eigenvalue weighted by Gasteiger charge is -2.10. The molecule has 0 saturated heterocycles. The largest absolute Gasteiger partial charge is 0.341 e. The Morgan fingerprint density at radius 2 is 2.10 bits per heavy atom. The molecule has 0 aliphatic rings. The van der Waals surface area contributed by atoms with Gasteiger partial charge in [-0.15, -0.1) is 0 Å². The van der Waals surface area contributed by atoms with E-state index in [0.29, 0.717) is 6.04 Å². The molecule has 0 atom stereocenters. The molecule has 110 valence electrons. The molecule has 0 radical (unpaired) electrons. The molecule has 0 spiro atoms. The van der Waals surface area contributed by atoms with E-state index in [4.69, 9.17) is 0 Å². The van der Waals surface area contributed by atoms with Gasteiger partial charge in [-0.1, -0.05) is 26.0 Å². The first kappa shape index (κ1) is 13.9. The van der Waals surface area contributed by atoms with Gasteiger partial charge >= 0.3 is 0 Å². The second kappa shape index (κ2) is 5.74. The Morgan fingerprint density at radius 1 is 1.24 bits per heavy atom.